The smallest absolute Gasteiger partial charge is 0.255 e. The molecule has 0 radical (unpaired) electrons. The molecular formula is C30H26Cl2F2N6O. The molecule has 2 aliphatic heterocycles. The van der Waals surface area contributed by atoms with E-state index < -0.39 is 12.0 Å². The summed E-state index contributed by atoms with van der Waals surface area (Å²) in [5, 5.41) is 7.21. The van der Waals surface area contributed by atoms with Gasteiger partial charge in [-0.2, -0.15) is 0 Å². The number of nitrogens with one attached hydrogen (secondary N) is 2. The number of benzene rings is 2. The molecule has 3 aromatic rings. The number of carbonyl (C=O) groups is 1. The molecule has 2 unspecified atom stereocenters. The Morgan fingerprint density at radius 1 is 1.17 bits per heavy atom. The maximum atomic E-state index is 14.9. The van der Waals surface area contributed by atoms with Crippen LogP contribution < -0.4 is 10.6 Å². The molecule has 1 fully saturated rings. The van der Waals surface area contributed by atoms with E-state index in [0.717, 1.165) is 6.54 Å². The second kappa shape index (κ2) is 11.3. The highest BCUT2D eigenvalue weighted by Gasteiger charge is 2.30. The number of fused-ring (bicyclic) bond motifs is 3. The van der Waals surface area contributed by atoms with Crippen LogP contribution in [-0.4, -0.2) is 58.3 Å². The van der Waals surface area contributed by atoms with E-state index in [1.807, 2.05) is 6.92 Å². The predicted molar refractivity (Wildman–Crippen MR) is 158 cm³/mol. The molecule has 1 aliphatic carbocycles. The number of allylic oxidation sites excluding steroid dienone is 4. The summed E-state index contributed by atoms with van der Waals surface area (Å²) < 4.78 is 29.8. The number of aromatic nitrogens is 2. The van der Waals surface area contributed by atoms with Crippen molar-refractivity contribution in [3.8, 4) is 11.3 Å². The number of amides is 1. The fourth-order valence-electron chi connectivity index (χ4n) is 5.31. The minimum absolute atomic E-state index is 0.0692. The van der Waals surface area contributed by atoms with Crippen LogP contribution in [0.4, 0.5) is 20.4 Å². The number of nitrogens with zero attached hydrogens (tertiary/aromatic N) is 4. The van der Waals surface area contributed by atoms with Crippen molar-refractivity contribution < 1.29 is 13.6 Å². The van der Waals surface area contributed by atoms with E-state index in [1.165, 1.54) is 12.2 Å². The van der Waals surface area contributed by atoms with Crippen molar-refractivity contribution in [2.45, 2.75) is 32.1 Å². The molecule has 2 atom stereocenters. The molecule has 2 N–H and O–H groups in total. The Morgan fingerprint density at radius 2 is 2.02 bits per heavy atom. The topological polar surface area (TPSA) is 82.5 Å². The van der Waals surface area contributed by atoms with Gasteiger partial charge in [-0.3, -0.25) is 9.79 Å². The zero-order chi connectivity index (χ0) is 28.7. The van der Waals surface area contributed by atoms with Crippen molar-refractivity contribution in [2.75, 3.05) is 25.0 Å². The minimum atomic E-state index is -1.52. The molecule has 3 aliphatic rings. The van der Waals surface area contributed by atoms with E-state index in [-0.39, 0.29) is 42.1 Å². The standard InChI is InChI=1S/C30H26Cl2F2N6O/c1-16-15-40(10-9-35-16)29(41)21-8-6-19(12-23(21)32)38-30-37-14-17-13-36-28(26-24(33)3-2-4-25(26)34)22-11-18(31)5-7-20(22)27(17)39-30/h2-3,5-8,11-12,14,16,25,35H,4,9-10,13,15H2,1H3,(H,37,38,39). The molecule has 7 nitrogen and oxygen atoms in total. The summed E-state index contributed by atoms with van der Waals surface area (Å²) in [5.41, 5.74) is 3.56. The normalized spacial score (nSPS) is 20.2. The Hall–Kier alpha value is -3.66. The lowest BCUT2D eigenvalue weighted by Crippen LogP contribution is -2.51. The van der Waals surface area contributed by atoms with Gasteiger partial charge in [-0.1, -0.05) is 35.3 Å². The van der Waals surface area contributed by atoms with Crippen molar-refractivity contribution >= 4 is 46.5 Å². The average molecular weight is 595 g/mol. The van der Waals surface area contributed by atoms with Gasteiger partial charge in [0.15, 0.2) is 0 Å². The summed E-state index contributed by atoms with van der Waals surface area (Å²) in [6, 6.07) is 10.4. The van der Waals surface area contributed by atoms with Crippen LogP contribution in [-0.2, 0) is 6.54 Å². The number of alkyl halides is 1. The van der Waals surface area contributed by atoms with Crippen molar-refractivity contribution in [1.82, 2.24) is 20.2 Å². The summed E-state index contributed by atoms with van der Waals surface area (Å²) in [4.78, 5) is 28.6. The lowest BCUT2D eigenvalue weighted by molar-refractivity contribution is 0.0709. The number of aliphatic imine (C=N–C) groups is 1. The zero-order valence-corrected chi connectivity index (χ0v) is 23.6. The third-order valence-electron chi connectivity index (χ3n) is 7.31. The fourth-order valence-corrected chi connectivity index (χ4v) is 5.74. The van der Waals surface area contributed by atoms with Crippen molar-refractivity contribution in [3.63, 3.8) is 0 Å². The van der Waals surface area contributed by atoms with Gasteiger partial charge in [-0.25, -0.2) is 18.7 Å². The first kappa shape index (κ1) is 27.5. The van der Waals surface area contributed by atoms with Gasteiger partial charge in [0.05, 0.1) is 28.5 Å². The van der Waals surface area contributed by atoms with E-state index in [9.17, 15) is 13.6 Å². The maximum Gasteiger partial charge on any atom is 0.255 e. The van der Waals surface area contributed by atoms with Crippen LogP contribution in [0.15, 0.2) is 71.1 Å². The molecule has 210 valence electrons. The van der Waals surface area contributed by atoms with Crippen molar-refractivity contribution in [2.24, 2.45) is 4.99 Å². The highest BCUT2D eigenvalue weighted by Crippen LogP contribution is 2.37. The van der Waals surface area contributed by atoms with Crippen LogP contribution in [0.2, 0.25) is 10.0 Å². The van der Waals surface area contributed by atoms with Gasteiger partial charge in [0.25, 0.3) is 5.91 Å². The van der Waals surface area contributed by atoms with Crippen LogP contribution in [0.3, 0.4) is 0 Å². The Bertz CT molecular complexity index is 1640. The molecule has 41 heavy (non-hydrogen) atoms. The van der Waals surface area contributed by atoms with Gasteiger partial charge in [-0.05, 0) is 43.3 Å². The summed E-state index contributed by atoms with van der Waals surface area (Å²) >= 11 is 12.9. The molecule has 3 heterocycles. The van der Waals surface area contributed by atoms with Crippen LogP contribution in [0.1, 0.15) is 34.8 Å². The molecule has 1 amide bonds. The molecule has 0 saturated carbocycles. The summed E-state index contributed by atoms with van der Waals surface area (Å²) in [6.07, 6.45) is 2.92. The molecule has 1 saturated heterocycles. The second-order valence-electron chi connectivity index (χ2n) is 10.2. The van der Waals surface area contributed by atoms with Crippen LogP contribution in [0, 0.1) is 0 Å². The molecule has 0 bridgehead atoms. The number of piperazine rings is 1. The van der Waals surface area contributed by atoms with Crippen LogP contribution in [0.5, 0.6) is 0 Å². The van der Waals surface area contributed by atoms with Gasteiger partial charge < -0.3 is 15.5 Å². The summed E-state index contributed by atoms with van der Waals surface area (Å²) in [6.45, 7) is 4.14. The number of halogens is 4. The number of hydrogen-bond donors (Lipinski definition) is 2. The molecule has 6 rings (SSSR count). The van der Waals surface area contributed by atoms with E-state index in [2.05, 4.69) is 20.6 Å². The first-order valence-corrected chi connectivity index (χ1v) is 14.0. The van der Waals surface area contributed by atoms with E-state index in [4.69, 9.17) is 28.2 Å². The Labute approximate surface area is 246 Å². The monoisotopic (exact) mass is 594 g/mol. The zero-order valence-electron chi connectivity index (χ0n) is 22.1. The lowest BCUT2D eigenvalue weighted by Gasteiger charge is -2.32. The molecule has 0 spiro atoms. The highest BCUT2D eigenvalue weighted by atomic mass is 35.5. The Kier molecular flexibility index (Phi) is 7.59. The Balaban J connectivity index is 1.31. The third-order valence-corrected chi connectivity index (χ3v) is 7.86. The number of carbonyl (C=O) groups excluding carboxylic acids is 1. The summed E-state index contributed by atoms with van der Waals surface area (Å²) in [7, 11) is 0. The van der Waals surface area contributed by atoms with Crippen molar-refractivity contribution in [1.29, 1.82) is 0 Å². The second-order valence-corrected chi connectivity index (χ2v) is 11.1. The summed E-state index contributed by atoms with van der Waals surface area (Å²) in [5.74, 6) is -0.482. The van der Waals surface area contributed by atoms with Crippen LogP contribution in [0.25, 0.3) is 11.3 Å². The first-order valence-electron chi connectivity index (χ1n) is 13.3. The highest BCUT2D eigenvalue weighted by molar-refractivity contribution is 6.34. The molecule has 11 heteroatoms. The molecule has 1 aromatic heterocycles. The molecular weight excluding hydrogens is 569 g/mol. The van der Waals surface area contributed by atoms with Crippen molar-refractivity contribution in [3.05, 3.63) is 92.9 Å². The lowest BCUT2D eigenvalue weighted by atomic mass is 9.90. The average Bonchev–Trinajstić information content (AvgIpc) is 3.09. The van der Waals surface area contributed by atoms with E-state index in [1.54, 1.807) is 47.5 Å². The van der Waals surface area contributed by atoms with Gasteiger partial charge in [0.2, 0.25) is 5.95 Å². The first-order chi connectivity index (χ1) is 19.8. The Morgan fingerprint density at radius 3 is 2.80 bits per heavy atom. The van der Waals surface area contributed by atoms with Gasteiger partial charge in [0, 0.05) is 71.3 Å². The molecule has 2 aromatic carbocycles. The fraction of sp³-hybridized carbons (Fsp3) is 0.267. The number of hydrogen-bond acceptors (Lipinski definition) is 6. The van der Waals surface area contributed by atoms with E-state index >= 15 is 0 Å². The quantitative estimate of drug-likeness (QED) is 0.362. The minimum Gasteiger partial charge on any atom is -0.336 e. The van der Waals surface area contributed by atoms with Gasteiger partial charge in [0.1, 0.15) is 12.0 Å². The number of anilines is 2. The van der Waals surface area contributed by atoms with Gasteiger partial charge >= 0.3 is 0 Å². The third kappa shape index (κ3) is 5.49. The van der Waals surface area contributed by atoms with Gasteiger partial charge in [-0.15, -0.1) is 0 Å². The maximum absolute atomic E-state index is 14.9. The number of rotatable bonds is 4. The van der Waals surface area contributed by atoms with Crippen LogP contribution >= 0.6 is 23.2 Å². The predicted octanol–water partition coefficient (Wildman–Crippen LogP) is 6.45. The largest absolute Gasteiger partial charge is 0.336 e. The SMILES string of the molecule is CC1CN(C(=O)c2ccc(Nc3ncc4c(n3)-c3ccc(Cl)cc3C(C3=C(F)C=CCC3F)=NC4)cc2Cl)CCN1. The van der Waals surface area contributed by atoms with E-state index in [0.29, 0.717) is 56.8 Å².